The van der Waals surface area contributed by atoms with E-state index < -0.39 is 0 Å². The molecule has 1 heterocycles. The Morgan fingerprint density at radius 2 is 2.12 bits per heavy atom. The zero-order valence-electron chi connectivity index (χ0n) is 10.7. The van der Waals surface area contributed by atoms with E-state index in [-0.39, 0.29) is 5.56 Å². The lowest BCUT2D eigenvalue weighted by Gasteiger charge is -2.14. The number of rotatable bonds is 4. The highest BCUT2D eigenvalue weighted by molar-refractivity contribution is 5.01. The summed E-state index contributed by atoms with van der Waals surface area (Å²) in [6, 6.07) is 2.26. The molecule has 94 valence electrons. The number of hydrogen-bond donors (Lipinski definition) is 1. The van der Waals surface area contributed by atoms with E-state index in [1.54, 1.807) is 10.6 Å². The minimum Gasteiger partial charge on any atom is -0.312 e. The van der Waals surface area contributed by atoms with E-state index in [1.165, 1.54) is 25.7 Å². The lowest BCUT2D eigenvalue weighted by atomic mass is 10.2. The summed E-state index contributed by atoms with van der Waals surface area (Å²) in [5, 5.41) is 3.51. The molecule has 1 aliphatic rings. The van der Waals surface area contributed by atoms with Crippen molar-refractivity contribution < 1.29 is 0 Å². The van der Waals surface area contributed by atoms with Crippen molar-refractivity contribution in [2.24, 2.45) is 0 Å². The normalized spacial score (nSPS) is 16.6. The van der Waals surface area contributed by atoms with Crippen molar-refractivity contribution in [2.75, 3.05) is 6.54 Å². The van der Waals surface area contributed by atoms with Crippen LogP contribution in [0.3, 0.4) is 0 Å². The molecule has 0 bridgehead atoms. The molecule has 0 atom stereocenters. The summed E-state index contributed by atoms with van der Waals surface area (Å²) in [7, 11) is 0. The molecule has 17 heavy (non-hydrogen) atoms. The topological polar surface area (TPSA) is 46.9 Å². The monoisotopic (exact) mass is 235 g/mol. The highest BCUT2D eigenvalue weighted by Gasteiger charge is 2.13. The first kappa shape index (κ1) is 12.3. The Morgan fingerprint density at radius 3 is 2.76 bits per heavy atom. The van der Waals surface area contributed by atoms with Crippen LogP contribution in [0.1, 0.15) is 37.2 Å². The van der Waals surface area contributed by atoms with Crippen LogP contribution >= 0.6 is 0 Å². The molecule has 0 amide bonds. The molecule has 0 aromatic carbocycles. The molecule has 4 nitrogen and oxygen atoms in total. The Balaban J connectivity index is 1.92. The highest BCUT2D eigenvalue weighted by atomic mass is 16.1. The lowest BCUT2D eigenvalue weighted by Crippen LogP contribution is -2.33. The molecule has 0 spiro atoms. The van der Waals surface area contributed by atoms with E-state index in [0.29, 0.717) is 12.6 Å². The lowest BCUT2D eigenvalue weighted by molar-refractivity contribution is 0.485. The smallest absolute Gasteiger partial charge is 0.253 e. The molecule has 1 aliphatic carbocycles. The maximum atomic E-state index is 11.8. The number of aryl methyl sites for hydroxylation is 2. The van der Waals surface area contributed by atoms with E-state index in [1.807, 2.05) is 13.8 Å². The van der Waals surface area contributed by atoms with Crippen molar-refractivity contribution in [3.05, 3.63) is 27.9 Å². The van der Waals surface area contributed by atoms with Gasteiger partial charge in [0.1, 0.15) is 5.82 Å². The van der Waals surface area contributed by atoms with E-state index in [2.05, 4.69) is 10.3 Å². The van der Waals surface area contributed by atoms with E-state index in [4.69, 9.17) is 0 Å². The Labute approximate surface area is 102 Å². The van der Waals surface area contributed by atoms with Gasteiger partial charge in [-0.1, -0.05) is 12.8 Å². The maximum absolute atomic E-state index is 11.8. The molecule has 1 aromatic heterocycles. The Kier molecular flexibility index (Phi) is 3.94. The third-order valence-electron chi connectivity index (χ3n) is 3.45. The van der Waals surface area contributed by atoms with Gasteiger partial charge >= 0.3 is 0 Å². The van der Waals surface area contributed by atoms with Gasteiger partial charge in [-0.05, 0) is 26.7 Å². The van der Waals surface area contributed by atoms with Gasteiger partial charge in [0.2, 0.25) is 0 Å². The number of nitrogens with one attached hydrogen (secondary N) is 1. The molecule has 2 rings (SSSR count). The first-order chi connectivity index (χ1) is 8.16. The number of hydrogen-bond acceptors (Lipinski definition) is 3. The molecule has 0 unspecified atom stereocenters. The second-order valence-corrected chi connectivity index (χ2v) is 4.87. The van der Waals surface area contributed by atoms with Gasteiger partial charge < -0.3 is 5.32 Å². The van der Waals surface area contributed by atoms with Crippen LogP contribution in [-0.4, -0.2) is 22.1 Å². The molecular weight excluding hydrogens is 214 g/mol. The third kappa shape index (κ3) is 3.16. The van der Waals surface area contributed by atoms with Crippen LogP contribution in [0.15, 0.2) is 10.9 Å². The molecule has 1 N–H and O–H groups in total. The first-order valence-corrected chi connectivity index (χ1v) is 6.45. The minimum absolute atomic E-state index is 0.0585. The van der Waals surface area contributed by atoms with Crippen LogP contribution < -0.4 is 10.9 Å². The number of aromatic nitrogens is 2. The van der Waals surface area contributed by atoms with Crippen LogP contribution in [0.5, 0.6) is 0 Å². The van der Waals surface area contributed by atoms with Gasteiger partial charge in [0.05, 0.1) is 0 Å². The molecule has 1 saturated carbocycles. The fraction of sp³-hybridized carbons (Fsp3) is 0.692. The van der Waals surface area contributed by atoms with Gasteiger partial charge in [0, 0.05) is 30.9 Å². The molecule has 1 fully saturated rings. The summed E-state index contributed by atoms with van der Waals surface area (Å²) in [5.41, 5.74) is 0.857. The van der Waals surface area contributed by atoms with Crippen LogP contribution in [-0.2, 0) is 6.54 Å². The van der Waals surface area contributed by atoms with E-state index in [9.17, 15) is 4.79 Å². The van der Waals surface area contributed by atoms with Crippen molar-refractivity contribution in [1.29, 1.82) is 0 Å². The van der Waals surface area contributed by atoms with Crippen LogP contribution in [0.2, 0.25) is 0 Å². The van der Waals surface area contributed by atoms with Crippen LogP contribution in [0.25, 0.3) is 0 Å². The third-order valence-corrected chi connectivity index (χ3v) is 3.45. The Bertz CT molecular complexity index is 433. The average molecular weight is 235 g/mol. The standard InChI is InChI=1S/C13H21N3O/c1-10-9-13(17)16(11(2)15-10)8-7-14-12-5-3-4-6-12/h9,12,14H,3-8H2,1-2H3. The molecule has 1 aromatic rings. The fourth-order valence-electron chi connectivity index (χ4n) is 2.55. The van der Waals surface area contributed by atoms with Crippen LogP contribution in [0, 0.1) is 13.8 Å². The molecule has 4 heteroatoms. The van der Waals surface area contributed by atoms with Crippen LogP contribution in [0.4, 0.5) is 0 Å². The second kappa shape index (κ2) is 5.45. The van der Waals surface area contributed by atoms with Gasteiger partial charge in [-0.3, -0.25) is 9.36 Å². The quantitative estimate of drug-likeness (QED) is 0.858. The van der Waals surface area contributed by atoms with Crippen molar-refractivity contribution >= 4 is 0 Å². The van der Waals surface area contributed by atoms with Crippen molar-refractivity contribution in [3.63, 3.8) is 0 Å². The van der Waals surface area contributed by atoms with Gasteiger partial charge in [0.15, 0.2) is 0 Å². The summed E-state index contributed by atoms with van der Waals surface area (Å²) in [5.74, 6) is 0.809. The predicted molar refractivity (Wildman–Crippen MR) is 68.2 cm³/mol. The second-order valence-electron chi connectivity index (χ2n) is 4.87. The Hall–Kier alpha value is -1.16. The highest BCUT2D eigenvalue weighted by Crippen LogP contribution is 2.17. The number of nitrogens with zero attached hydrogens (tertiary/aromatic N) is 2. The van der Waals surface area contributed by atoms with Gasteiger partial charge in [0.25, 0.3) is 5.56 Å². The zero-order valence-corrected chi connectivity index (χ0v) is 10.7. The maximum Gasteiger partial charge on any atom is 0.253 e. The van der Waals surface area contributed by atoms with E-state index in [0.717, 1.165) is 18.1 Å². The first-order valence-electron chi connectivity index (χ1n) is 6.45. The van der Waals surface area contributed by atoms with Gasteiger partial charge in [-0.2, -0.15) is 0 Å². The summed E-state index contributed by atoms with van der Waals surface area (Å²) < 4.78 is 1.74. The van der Waals surface area contributed by atoms with Gasteiger partial charge in [-0.25, -0.2) is 4.98 Å². The summed E-state index contributed by atoms with van der Waals surface area (Å²) >= 11 is 0. The van der Waals surface area contributed by atoms with Crippen molar-refractivity contribution in [2.45, 2.75) is 52.1 Å². The Morgan fingerprint density at radius 1 is 1.41 bits per heavy atom. The minimum atomic E-state index is 0.0585. The molecule has 0 radical (unpaired) electrons. The van der Waals surface area contributed by atoms with Crippen molar-refractivity contribution in [3.8, 4) is 0 Å². The molecule has 0 aliphatic heterocycles. The summed E-state index contributed by atoms with van der Waals surface area (Å²) in [6.45, 7) is 5.32. The zero-order chi connectivity index (χ0) is 12.3. The molecular formula is C13H21N3O. The van der Waals surface area contributed by atoms with E-state index >= 15 is 0 Å². The van der Waals surface area contributed by atoms with Crippen molar-refractivity contribution in [1.82, 2.24) is 14.9 Å². The predicted octanol–water partition coefficient (Wildman–Crippen LogP) is 1.39. The molecule has 0 saturated heterocycles. The average Bonchev–Trinajstić information content (AvgIpc) is 2.74. The largest absolute Gasteiger partial charge is 0.312 e. The fourth-order valence-corrected chi connectivity index (χ4v) is 2.55. The SMILES string of the molecule is Cc1cc(=O)n(CCNC2CCCC2)c(C)n1. The summed E-state index contributed by atoms with van der Waals surface area (Å²) in [4.78, 5) is 16.1. The van der Waals surface area contributed by atoms with Gasteiger partial charge in [-0.15, -0.1) is 0 Å². The summed E-state index contributed by atoms with van der Waals surface area (Å²) in [6.07, 6.45) is 5.23.